The Morgan fingerprint density at radius 3 is 1.93 bits per heavy atom. The highest BCUT2D eigenvalue weighted by molar-refractivity contribution is 6.25. The van der Waals surface area contributed by atoms with Crippen LogP contribution < -0.4 is 4.90 Å². The van der Waals surface area contributed by atoms with Crippen LogP contribution in [0.5, 0.6) is 0 Å². The van der Waals surface area contributed by atoms with Gasteiger partial charge in [-0.15, -0.1) is 0 Å². The van der Waals surface area contributed by atoms with Crippen LogP contribution in [0.2, 0.25) is 0 Å². The molecule has 2 heterocycles. The molecule has 1 aliphatic heterocycles. The minimum absolute atomic E-state index is 0.0499. The van der Waals surface area contributed by atoms with Crippen LogP contribution >= 0.6 is 0 Å². The number of hydrogen-bond acceptors (Lipinski definition) is 2. The second kappa shape index (κ2) is 11.8. The Labute approximate surface area is 336 Å². The second-order valence-electron chi connectivity index (χ2n) is 16.9. The molecule has 0 amide bonds. The van der Waals surface area contributed by atoms with E-state index in [0.717, 1.165) is 55.7 Å². The van der Waals surface area contributed by atoms with Gasteiger partial charge in [-0.05, 0) is 137 Å². The molecule has 8 aromatic carbocycles. The predicted molar refractivity (Wildman–Crippen MR) is 238 cm³/mol. The highest BCUT2D eigenvalue weighted by Crippen LogP contribution is 2.75. The van der Waals surface area contributed by atoms with Crippen LogP contribution in [-0.2, 0) is 5.41 Å². The predicted octanol–water partition coefficient (Wildman–Crippen LogP) is 14.1. The fourth-order valence-electron chi connectivity index (χ4n) is 10.7. The molecule has 0 radical (unpaired) electrons. The van der Waals surface area contributed by atoms with E-state index in [1.165, 1.54) is 62.2 Å². The summed E-state index contributed by atoms with van der Waals surface area (Å²) in [5.74, 6) is 1.64. The lowest BCUT2D eigenvalue weighted by atomic mass is 9.83. The molecule has 58 heavy (non-hydrogen) atoms. The van der Waals surface area contributed by atoms with Crippen LogP contribution in [0.15, 0.2) is 182 Å². The first-order chi connectivity index (χ1) is 28.6. The van der Waals surface area contributed by atoms with Crippen LogP contribution in [0.3, 0.4) is 0 Å². The number of aromatic nitrogens is 1. The molecule has 2 saturated carbocycles. The fourth-order valence-corrected chi connectivity index (χ4v) is 10.7. The van der Waals surface area contributed by atoms with Crippen LogP contribution in [0.4, 0.5) is 15.9 Å². The highest BCUT2D eigenvalue weighted by atomic mass is 19.1. The van der Waals surface area contributed by atoms with Gasteiger partial charge in [0.25, 0.3) is 0 Å². The van der Waals surface area contributed by atoms with Crippen molar-refractivity contribution >= 4 is 60.2 Å². The van der Waals surface area contributed by atoms with Crippen molar-refractivity contribution in [3.05, 3.63) is 205 Å². The number of fused-ring (bicyclic) bond motifs is 9. The third-order valence-corrected chi connectivity index (χ3v) is 13.8. The van der Waals surface area contributed by atoms with Crippen molar-refractivity contribution in [1.29, 1.82) is 0 Å². The Hall–Kier alpha value is -6.84. The number of allylic oxidation sites excluding steroid dienone is 2. The van der Waals surface area contributed by atoms with Crippen LogP contribution in [0, 0.1) is 11.7 Å². The average Bonchev–Trinajstić information content (AvgIpc) is 4.15. The van der Waals surface area contributed by atoms with E-state index in [2.05, 4.69) is 163 Å². The average molecular weight is 745 g/mol. The summed E-state index contributed by atoms with van der Waals surface area (Å²) >= 11 is 0. The number of pyridine rings is 1. The zero-order valence-electron chi connectivity index (χ0n) is 31.7. The van der Waals surface area contributed by atoms with Gasteiger partial charge in [0.2, 0.25) is 0 Å². The SMILES string of the molecule is Fc1cc(-c2c3ccccc3c(-c3cc4ccccc4c4ccccc34)c3ccccc23)cc(N2c3ncccc3C3C=CC(c4ccc(C56CC5C6)cc4)=CC32)c1. The second-order valence-corrected chi connectivity index (χ2v) is 16.9. The quantitative estimate of drug-likeness (QED) is 0.129. The number of hydrogen-bond donors (Lipinski definition) is 0. The highest BCUT2D eigenvalue weighted by Gasteiger charge is 2.70. The Morgan fingerprint density at radius 2 is 1.22 bits per heavy atom. The van der Waals surface area contributed by atoms with Crippen LogP contribution in [0.25, 0.3) is 70.9 Å². The molecule has 4 aliphatic rings. The van der Waals surface area contributed by atoms with Crippen molar-refractivity contribution in [1.82, 2.24) is 4.98 Å². The topological polar surface area (TPSA) is 16.1 Å². The van der Waals surface area contributed by atoms with Gasteiger partial charge in [-0.25, -0.2) is 9.37 Å². The molecule has 2 nitrogen and oxygen atoms in total. The van der Waals surface area contributed by atoms with E-state index >= 15 is 4.39 Å². The standard InChI is InChI=1S/C55H37FN2/c56-39-26-36(27-40(30-39)58-51-29-34(21-24-44(51)49-18-9-25-57-54(49)58)33-19-22-37(23-20-33)55-31-38(55)32-55)52-45-14-5-7-16-47(45)53(48-17-8-6-15-46(48)52)50-28-35-10-1-2-11-41(35)42-12-3-4-13-43(42)50/h1-30,38,44,51H,31-32H2. The lowest BCUT2D eigenvalue weighted by Crippen LogP contribution is -2.29. The van der Waals surface area contributed by atoms with E-state index in [1.807, 2.05) is 12.3 Å². The zero-order valence-corrected chi connectivity index (χ0v) is 31.7. The fraction of sp³-hybridized carbons (Fsp3) is 0.109. The first kappa shape index (κ1) is 32.3. The van der Waals surface area contributed by atoms with Gasteiger partial charge in [0.15, 0.2) is 0 Å². The summed E-state index contributed by atoms with van der Waals surface area (Å²) in [5, 5.41) is 9.39. The van der Waals surface area contributed by atoms with Gasteiger partial charge in [-0.2, -0.15) is 0 Å². The number of halogens is 1. The molecule has 13 rings (SSSR count). The molecule has 0 spiro atoms. The maximum absolute atomic E-state index is 16.4. The normalized spacial score (nSPS) is 21.3. The smallest absolute Gasteiger partial charge is 0.137 e. The minimum atomic E-state index is -0.268. The van der Waals surface area contributed by atoms with E-state index in [9.17, 15) is 0 Å². The van der Waals surface area contributed by atoms with E-state index in [-0.39, 0.29) is 17.8 Å². The molecule has 0 bridgehead atoms. The zero-order chi connectivity index (χ0) is 38.1. The Morgan fingerprint density at radius 1 is 0.586 bits per heavy atom. The molecule has 2 atom stereocenters. The summed E-state index contributed by atoms with van der Waals surface area (Å²) in [6.07, 6.45) is 11.5. The number of rotatable bonds is 5. The molecule has 2 unspecified atom stereocenters. The molecule has 1 aromatic heterocycles. The van der Waals surface area contributed by atoms with Crippen molar-refractivity contribution in [2.75, 3.05) is 4.90 Å². The maximum Gasteiger partial charge on any atom is 0.137 e. The van der Waals surface area contributed by atoms with Gasteiger partial charge < -0.3 is 4.90 Å². The van der Waals surface area contributed by atoms with E-state index in [4.69, 9.17) is 4.98 Å². The Balaban J connectivity index is 0.997. The van der Waals surface area contributed by atoms with Crippen molar-refractivity contribution in [3.8, 4) is 22.3 Å². The maximum atomic E-state index is 16.4. The van der Waals surface area contributed by atoms with Crippen molar-refractivity contribution in [2.24, 2.45) is 5.92 Å². The first-order valence-electron chi connectivity index (χ1n) is 20.5. The van der Waals surface area contributed by atoms with Crippen LogP contribution in [0.1, 0.15) is 35.4 Å². The molecule has 0 saturated heterocycles. The van der Waals surface area contributed by atoms with Gasteiger partial charge >= 0.3 is 0 Å². The van der Waals surface area contributed by atoms with Gasteiger partial charge in [0.05, 0.1) is 6.04 Å². The lowest BCUT2D eigenvalue weighted by Gasteiger charge is -2.30. The Bertz CT molecular complexity index is 3220. The summed E-state index contributed by atoms with van der Waals surface area (Å²) in [6, 6.07) is 56.1. The van der Waals surface area contributed by atoms with Gasteiger partial charge in [0.1, 0.15) is 11.6 Å². The summed E-state index contributed by atoms with van der Waals surface area (Å²) in [4.78, 5) is 7.22. The molecular formula is C55H37FN2. The van der Waals surface area contributed by atoms with E-state index in [1.54, 1.807) is 12.1 Å². The van der Waals surface area contributed by atoms with Crippen molar-refractivity contribution < 1.29 is 4.39 Å². The molecule has 2 fully saturated rings. The van der Waals surface area contributed by atoms with E-state index in [0.29, 0.717) is 5.41 Å². The molecular weight excluding hydrogens is 708 g/mol. The number of anilines is 2. The molecule has 3 heteroatoms. The lowest BCUT2D eigenvalue weighted by molar-refractivity contribution is 0.627. The molecule has 3 aliphatic carbocycles. The summed E-state index contributed by atoms with van der Waals surface area (Å²) in [6.45, 7) is 0. The molecule has 9 aromatic rings. The third-order valence-electron chi connectivity index (χ3n) is 13.8. The first-order valence-corrected chi connectivity index (χ1v) is 20.5. The number of benzene rings is 8. The minimum Gasteiger partial charge on any atom is -0.318 e. The van der Waals surface area contributed by atoms with Crippen LogP contribution in [-0.4, -0.2) is 11.0 Å². The monoisotopic (exact) mass is 744 g/mol. The summed E-state index contributed by atoms with van der Waals surface area (Å²) in [7, 11) is 0. The van der Waals surface area contributed by atoms with Gasteiger partial charge in [-0.3, -0.25) is 0 Å². The van der Waals surface area contributed by atoms with Gasteiger partial charge in [0, 0.05) is 23.4 Å². The van der Waals surface area contributed by atoms with Gasteiger partial charge in [-0.1, -0.05) is 146 Å². The summed E-state index contributed by atoms with van der Waals surface area (Å²) < 4.78 is 16.4. The molecule has 274 valence electrons. The van der Waals surface area contributed by atoms with E-state index < -0.39 is 0 Å². The van der Waals surface area contributed by atoms with Crippen molar-refractivity contribution in [3.63, 3.8) is 0 Å². The number of nitrogens with zero attached hydrogens (tertiary/aromatic N) is 2. The largest absolute Gasteiger partial charge is 0.318 e. The Kier molecular flexibility index (Phi) is 6.59. The third kappa shape index (κ3) is 4.62. The summed E-state index contributed by atoms with van der Waals surface area (Å²) in [5.41, 5.74) is 10.6. The van der Waals surface area contributed by atoms with Crippen molar-refractivity contribution in [2.45, 2.75) is 30.2 Å². The molecule has 0 N–H and O–H groups in total.